The van der Waals surface area contributed by atoms with Gasteiger partial charge in [0.1, 0.15) is 17.3 Å². The molecule has 0 aromatic heterocycles. The number of methoxy groups -OCH3 is 1. The number of fused-ring (bicyclic) bond motifs is 1. The van der Waals surface area contributed by atoms with Crippen LogP contribution in [0, 0.1) is 17.5 Å². The summed E-state index contributed by atoms with van der Waals surface area (Å²) in [4.78, 5) is 12.7. The van der Waals surface area contributed by atoms with Gasteiger partial charge in [-0.1, -0.05) is 0 Å². The number of nitrogens with zero attached hydrogens (tertiary/aromatic N) is 1. The lowest BCUT2D eigenvalue weighted by atomic mass is 9.83. The average molecular weight is 584 g/mol. The molecule has 0 fully saturated rings. The molecule has 6 nitrogen and oxygen atoms in total. The Kier molecular flexibility index (Phi) is 8.42. The first-order chi connectivity index (χ1) is 17.8. The zero-order valence-electron chi connectivity index (χ0n) is 21.1. The Morgan fingerprint density at radius 2 is 1.64 bits per heavy atom. The Labute approximate surface area is 220 Å². The Morgan fingerprint density at radius 3 is 2.15 bits per heavy atom. The number of alkyl halides is 4. The SMILES string of the molecule is COC(=O)/C=C/c1cc(F)c([C@H]2c3cc(F)c(OS(=O)(=O)C(F)(F)F)cc3C[C@H](C)N2CC(C)(C)F)c(F)c1. The smallest absolute Gasteiger partial charge is 0.466 e. The normalized spacial score (nSPS) is 18.7. The van der Waals surface area contributed by atoms with Crippen LogP contribution in [0.3, 0.4) is 0 Å². The highest BCUT2D eigenvalue weighted by molar-refractivity contribution is 7.88. The molecule has 0 aliphatic carbocycles. The predicted molar refractivity (Wildman–Crippen MR) is 126 cm³/mol. The second kappa shape index (κ2) is 10.8. The van der Waals surface area contributed by atoms with Crippen molar-refractivity contribution in [1.29, 1.82) is 0 Å². The van der Waals surface area contributed by atoms with Crippen LogP contribution in [0.4, 0.5) is 30.7 Å². The second-order valence-electron chi connectivity index (χ2n) is 9.57. The minimum atomic E-state index is -6.21. The largest absolute Gasteiger partial charge is 0.534 e. The van der Waals surface area contributed by atoms with Crippen molar-refractivity contribution in [2.45, 2.75) is 50.5 Å². The highest BCUT2D eigenvalue weighted by Crippen LogP contribution is 2.43. The number of halogens is 7. The van der Waals surface area contributed by atoms with Gasteiger partial charge in [-0.15, -0.1) is 0 Å². The molecule has 1 heterocycles. The van der Waals surface area contributed by atoms with Crippen molar-refractivity contribution in [3.05, 3.63) is 70.0 Å². The number of ether oxygens (including phenoxy) is 1. The van der Waals surface area contributed by atoms with E-state index in [1.165, 1.54) is 18.7 Å². The van der Waals surface area contributed by atoms with E-state index in [1.54, 1.807) is 6.92 Å². The second-order valence-corrected chi connectivity index (χ2v) is 11.1. The molecule has 3 rings (SSSR count). The number of hydrogen-bond acceptors (Lipinski definition) is 6. The third kappa shape index (κ3) is 6.72. The lowest BCUT2D eigenvalue weighted by Gasteiger charge is -2.44. The molecule has 2 aromatic rings. The summed E-state index contributed by atoms with van der Waals surface area (Å²) in [7, 11) is -5.10. The Hall–Kier alpha value is -3.13. The van der Waals surface area contributed by atoms with Crippen LogP contribution in [-0.2, 0) is 26.1 Å². The van der Waals surface area contributed by atoms with E-state index in [4.69, 9.17) is 0 Å². The van der Waals surface area contributed by atoms with Crippen LogP contribution in [0.15, 0.2) is 30.3 Å². The molecule has 14 heteroatoms. The topological polar surface area (TPSA) is 72.9 Å². The summed E-state index contributed by atoms with van der Waals surface area (Å²) in [6, 6.07) is 0.972. The minimum Gasteiger partial charge on any atom is -0.466 e. The van der Waals surface area contributed by atoms with Crippen molar-refractivity contribution in [2.75, 3.05) is 13.7 Å². The van der Waals surface area contributed by atoms with E-state index in [1.807, 2.05) is 0 Å². The van der Waals surface area contributed by atoms with Gasteiger partial charge in [-0.05, 0) is 74.2 Å². The molecule has 2 aromatic carbocycles. The Bertz CT molecular complexity index is 1380. The maximum atomic E-state index is 15.4. The summed E-state index contributed by atoms with van der Waals surface area (Å²) in [5, 5.41) is 0. The number of benzene rings is 2. The first-order valence-electron chi connectivity index (χ1n) is 11.4. The molecule has 2 atom stereocenters. The van der Waals surface area contributed by atoms with Gasteiger partial charge in [0.15, 0.2) is 11.6 Å². The van der Waals surface area contributed by atoms with Gasteiger partial charge < -0.3 is 8.92 Å². The van der Waals surface area contributed by atoms with Gasteiger partial charge in [-0.2, -0.15) is 21.6 Å². The first-order valence-corrected chi connectivity index (χ1v) is 12.8. The van der Waals surface area contributed by atoms with Crippen molar-refractivity contribution < 1.29 is 52.9 Å². The van der Waals surface area contributed by atoms with E-state index in [0.29, 0.717) is 6.07 Å². The summed E-state index contributed by atoms with van der Waals surface area (Å²) >= 11 is 0. The van der Waals surface area contributed by atoms with Gasteiger partial charge in [-0.25, -0.2) is 22.4 Å². The molecule has 1 aliphatic rings. The molecule has 1 aliphatic heterocycles. The van der Waals surface area contributed by atoms with E-state index in [2.05, 4.69) is 8.92 Å². The molecule has 214 valence electrons. The quantitative estimate of drug-likeness (QED) is 0.139. The fourth-order valence-corrected chi connectivity index (χ4v) is 4.79. The Morgan fingerprint density at radius 1 is 1.05 bits per heavy atom. The molecule has 0 unspecified atom stereocenters. The van der Waals surface area contributed by atoms with Crippen molar-refractivity contribution in [3.8, 4) is 5.75 Å². The molecule has 0 N–H and O–H groups in total. The molecular weight excluding hydrogens is 559 g/mol. The van der Waals surface area contributed by atoms with E-state index < -0.39 is 68.1 Å². The molecule has 0 spiro atoms. The van der Waals surface area contributed by atoms with Crippen molar-refractivity contribution >= 4 is 22.2 Å². The van der Waals surface area contributed by atoms with E-state index in [9.17, 15) is 35.2 Å². The molecule has 0 bridgehead atoms. The fourth-order valence-electron chi connectivity index (χ4n) is 4.34. The maximum Gasteiger partial charge on any atom is 0.534 e. The molecule has 39 heavy (non-hydrogen) atoms. The van der Waals surface area contributed by atoms with Crippen LogP contribution in [0.25, 0.3) is 6.08 Å². The number of carbonyl (C=O) groups is 1. The van der Waals surface area contributed by atoms with Crippen molar-refractivity contribution in [1.82, 2.24) is 4.90 Å². The van der Waals surface area contributed by atoms with Gasteiger partial charge in [0.25, 0.3) is 0 Å². The van der Waals surface area contributed by atoms with Gasteiger partial charge in [0.05, 0.1) is 13.2 Å². The Balaban J connectivity index is 2.20. The predicted octanol–water partition coefficient (Wildman–Crippen LogP) is 5.60. The van der Waals surface area contributed by atoms with Crippen molar-refractivity contribution in [2.24, 2.45) is 0 Å². The summed E-state index contributed by atoms with van der Waals surface area (Å²) in [6.45, 7) is 3.63. The van der Waals surface area contributed by atoms with E-state index >= 15 is 8.78 Å². The highest BCUT2D eigenvalue weighted by Gasteiger charge is 2.49. The number of esters is 1. The number of rotatable bonds is 7. The number of hydrogen-bond donors (Lipinski definition) is 0. The molecule has 0 saturated heterocycles. The average Bonchev–Trinajstić information content (AvgIpc) is 2.78. The third-order valence-corrected chi connectivity index (χ3v) is 6.90. The van der Waals surface area contributed by atoms with Crippen LogP contribution in [0.1, 0.15) is 49.1 Å². The van der Waals surface area contributed by atoms with Crippen LogP contribution in [0.2, 0.25) is 0 Å². The van der Waals surface area contributed by atoms with Crippen molar-refractivity contribution in [3.63, 3.8) is 0 Å². The van der Waals surface area contributed by atoms with Crippen LogP contribution < -0.4 is 4.18 Å². The highest BCUT2D eigenvalue weighted by atomic mass is 32.2. The van der Waals surface area contributed by atoms with Gasteiger partial charge in [0, 0.05) is 24.2 Å². The standard InChI is InChI=1S/C25H24F7NO5S/c1-13-7-15-10-20(38-39(35,36)25(30,31)32)17(26)11-16(15)23(33(13)12-24(2,3)29)22-18(27)8-14(9-19(22)28)5-6-21(34)37-4/h5-6,8-11,13,23H,7,12H2,1-4H3/b6-5+/t13-,23+/m0/s1. The molecule has 0 radical (unpaired) electrons. The molecule has 0 saturated carbocycles. The third-order valence-electron chi connectivity index (χ3n) is 5.93. The number of carbonyl (C=O) groups excluding carboxylic acids is 1. The van der Waals surface area contributed by atoms with Gasteiger partial charge in [-0.3, -0.25) is 4.90 Å². The monoisotopic (exact) mass is 583 g/mol. The van der Waals surface area contributed by atoms with Gasteiger partial charge in [0.2, 0.25) is 0 Å². The summed E-state index contributed by atoms with van der Waals surface area (Å²) in [5.74, 6) is -5.84. The lowest BCUT2D eigenvalue weighted by Crippen LogP contribution is -2.48. The maximum absolute atomic E-state index is 15.4. The summed E-state index contributed by atoms with van der Waals surface area (Å²) in [6.07, 6.45) is 1.95. The van der Waals surface area contributed by atoms with E-state index in [-0.39, 0.29) is 29.7 Å². The van der Waals surface area contributed by atoms with Crippen LogP contribution in [-0.4, -0.2) is 50.2 Å². The lowest BCUT2D eigenvalue weighted by molar-refractivity contribution is -0.134. The van der Waals surface area contributed by atoms with Gasteiger partial charge >= 0.3 is 21.6 Å². The first kappa shape index (κ1) is 30.4. The fraction of sp³-hybridized carbons (Fsp3) is 0.400. The van der Waals surface area contributed by atoms with Crippen LogP contribution in [0.5, 0.6) is 5.75 Å². The minimum absolute atomic E-state index is 0.0441. The summed E-state index contributed by atoms with van der Waals surface area (Å²) in [5.41, 5.74) is -8.47. The zero-order valence-corrected chi connectivity index (χ0v) is 21.9. The summed E-state index contributed by atoms with van der Waals surface area (Å²) < 4.78 is 130. The zero-order chi connectivity index (χ0) is 29.5. The molecule has 0 amide bonds. The van der Waals surface area contributed by atoms with E-state index in [0.717, 1.165) is 37.5 Å². The molecular formula is C25H24F7NO5S. The van der Waals surface area contributed by atoms with Crippen LogP contribution >= 0.6 is 0 Å².